The first-order valence-corrected chi connectivity index (χ1v) is 9.73. The van der Waals surface area contributed by atoms with Gasteiger partial charge in [-0.2, -0.15) is 5.10 Å². The average Bonchev–Trinajstić information content (AvgIpc) is 2.98. The Morgan fingerprint density at radius 2 is 1.96 bits per heavy atom. The van der Waals surface area contributed by atoms with Crippen LogP contribution >= 0.6 is 0 Å². The quantitative estimate of drug-likeness (QED) is 0.810. The van der Waals surface area contributed by atoms with Crippen LogP contribution in [0.4, 0.5) is 0 Å². The summed E-state index contributed by atoms with van der Waals surface area (Å²) in [6.45, 7) is 8.30. The van der Waals surface area contributed by atoms with Gasteiger partial charge in [0, 0.05) is 12.5 Å². The molecule has 2 aromatic rings. The molecule has 7 heteroatoms. The molecule has 146 valence electrons. The number of benzene rings is 1. The lowest BCUT2D eigenvalue weighted by Crippen LogP contribution is -2.35. The summed E-state index contributed by atoms with van der Waals surface area (Å²) in [5, 5.41) is 10.8. The van der Waals surface area contributed by atoms with Crippen LogP contribution in [0.2, 0.25) is 0 Å². The second-order valence-electron chi connectivity index (χ2n) is 7.27. The van der Waals surface area contributed by atoms with Gasteiger partial charge in [0.1, 0.15) is 12.4 Å². The molecule has 0 spiro atoms. The van der Waals surface area contributed by atoms with Gasteiger partial charge >= 0.3 is 5.69 Å². The molecule has 1 atom stereocenters. The Bertz CT molecular complexity index is 831. The van der Waals surface area contributed by atoms with Gasteiger partial charge in [0.25, 0.3) is 0 Å². The molecule has 2 N–H and O–H groups in total. The Hall–Kier alpha value is -2.41. The van der Waals surface area contributed by atoms with Crippen molar-refractivity contribution < 1.29 is 4.79 Å². The molecule has 1 aliphatic rings. The topological polar surface area (TPSA) is 81.0 Å². The van der Waals surface area contributed by atoms with Crippen LogP contribution in [0.1, 0.15) is 55.6 Å². The van der Waals surface area contributed by atoms with E-state index in [0.29, 0.717) is 6.54 Å². The Kier molecular flexibility index (Phi) is 6.11. The van der Waals surface area contributed by atoms with E-state index in [0.717, 1.165) is 37.3 Å². The van der Waals surface area contributed by atoms with Gasteiger partial charge in [0.05, 0.1) is 6.04 Å². The highest BCUT2D eigenvalue weighted by atomic mass is 16.2. The summed E-state index contributed by atoms with van der Waals surface area (Å²) < 4.78 is 3.00. The van der Waals surface area contributed by atoms with E-state index in [4.69, 9.17) is 0 Å². The van der Waals surface area contributed by atoms with E-state index in [1.807, 2.05) is 45.0 Å². The predicted molar refractivity (Wildman–Crippen MR) is 105 cm³/mol. The van der Waals surface area contributed by atoms with Gasteiger partial charge in [-0.25, -0.2) is 9.48 Å². The zero-order valence-corrected chi connectivity index (χ0v) is 16.4. The lowest BCUT2D eigenvalue weighted by atomic mass is 9.97. The van der Waals surface area contributed by atoms with Crippen molar-refractivity contribution in [3.63, 3.8) is 0 Å². The molecule has 3 rings (SSSR count). The van der Waals surface area contributed by atoms with Gasteiger partial charge in [0.2, 0.25) is 5.91 Å². The van der Waals surface area contributed by atoms with E-state index in [1.165, 1.54) is 10.2 Å². The molecule has 1 unspecified atom stereocenters. The fraction of sp³-hybridized carbons (Fsp3) is 0.550. The van der Waals surface area contributed by atoms with E-state index in [1.54, 1.807) is 4.57 Å². The zero-order valence-electron chi connectivity index (χ0n) is 16.4. The number of aryl methyl sites for hydroxylation is 1. The van der Waals surface area contributed by atoms with Gasteiger partial charge in [-0.1, -0.05) is 29.8 Å². The average molecular weight is 371 g/mol. The molecule has 1 saturated heterocycles. The van der Waals surface area contributed by atoms with Crippen LogP contribution in [0, 0.1) is 6.92 Å². The number of rotatable bonds is 6. The van der Waals surface area contributed by atoms with E-state index in [2.05, 4.69) is 15.7 Å². The van der Waals surface area contributed by atoms with Crippen LogP contribution < -0.4 is 16.3 Å². The fourth-order valence-electron chi connectivity index (χ4n) is 3.60. The Morgan fingerprint density at radius 3 is 2.59 bits per heavy atom. The summed E-state index contributed by atoms with van der Waals surface area (Å²) in [5.41, 5.74) is 2.01. The summed E-state index contributed by atoms with van der Waals surface area (Å²) in [7, 11) is 0. The maximum absolute atomic E-state index is 12.7. The van der Waals surface area contributed by atoms with Crippen LogP contribution in [-0.2, 0) is 17.9 Å². The summed E-state index contributed by atoms with van der Waals surface area (Å²) in [5.74, 6) is 0.876. The molecule has 2 heterocycles. The minimum Gasteiger partial charge on any atom is -0.348 e. The zero-order chi connectivity index (χ0) is 19.4. The van der Waals surface area contributed by atoms with Gasteiger partial charge < -0.3 is 10.6 Å². The normalized spacial score (nSPS) is 16.3. The van der Waals surface area contributed by atoms with Crippen molar-refractivity contribution in [3.8, 4) is 0 Å². The molecule has 1 fully saturated rings. The Balaban J connectivity index is 1.71. The van der Waals surface area contributed by atoms with Crippen LogP contribution in [0.3, 0.4) is 0 Å². The molecule has 1 aromatic heterocycles. The number of nitrogens with one attached hydrogen (secondary N) is 2. The van der Waals surface area contributed by atoms with Gasteiger partial charge in [0.15, 0.2) is 0 Å². The first-order chi connectivity index (χ1) is 13.0. The third-order valence-electron chi connectivity index (χ3n) is 5.22. The minimum atomic E-state index is -0.206. The largest absolute Gasteiger partial charge is 0.348 e. The Labute approximate surface area is 159 Å². The third kappa shape index (κ3) is 4.47. The molecule has 27 heavy (non-hydrogen) atoms. The van der Waals surface area contributed by atoms with Crippen molar-refractivity contribution in [1.29, 1.82) is 0 Å². The third-order valence-corrected chi connectivity index (χ3v) is 5.22. The predicted octanol–water partition coefficient (Wildman–Crippen LogP) is 1.72. The Morgan fingerprint density at radius 1 is 1.30 bits per heavy atom. The summed E-state index contributed by atoms with van der Waals surface area (Å²) in [4.78, 5) is 25.1. The molecular weight excluding hydrogens is 342 g/mol. The standard InChI is InChI=1S/C20H29N5O2/c1-4-24-19(17-9-11-21-12-10-17)23-25(20(24)27)13-18(26)22-15(3)16-7-5-14(2)6-8-16/h5-8,15,17,21H,4,9-13H2,1-3H3,(H,22,26). The molecule has 0 saturated carbocycles. The number of hydrogen-bond acceptors (Lipinski definition) is 4. The maximum Gasteiger partial charge on any atom is 0.346 e. The highest BCUT2D eigenvalue weighted by Gasteiger charge is 2.24. The molecule has 1 amide bonds. The minimum absolute atomic E-state index is 0.0556. The maximum atomic E-state index is 12.7. The van der Waals surface area contributed by atoms with E-state index in [9.17, 15) is 9.59 Å². The molecule has 7 nitrogen and oxygen atoms in total. The van der Waals surface area contributed by atoms with Crippen LogP contribution in [0.15, 0.2) is 29.1 Å². The van der Waals surface area contributed by atoms with Gasteiger partial charge in [-0.3, -0.25) is 9.36 Å². The van der Waals surface area contributed by atoms with Crippen molar-refractivity contribution in [2.75, 3.05) is 13.1 Å². The number of carbonyl (C=O) groups is 1. The smallest absolute Gasteiger partial charge is 0.346 e. The van der Waals surface area contributed by atoms with Crippen LogP contribution in [-0.4, -0.2) is 33.3 Å². The highest BCUT2D eigenvalue weighted by molar-refractivity contribution is 5.76. The number of carbonyl (C=O) groups excluding carboxylic acids is 1. The molecule has 1 aromatic carbocycles. The lowest BCUT2D eigenvalue weighted by molar-refractivity contribution is -0.122. The fourth-order valence-corrected chi connectivity index (χ4v) is 3.60. The van der Waals surface area contributed by atoms with Gasteiger partial charge in [-0.15, -0.1) is 0 Å². The molecule has 1 aliphatic heterocycles. The first kappa shape index (κ1) is 19.4. The van der Waals surface area contributed by atoms with Crippen molar-refractivity contribution >= 4 is 5.91 Å². The first-order valence-electron chi connectivity index (χ1n) is 9.73. The SMILES string of the molecule is CCn1c(C2CCNCC2)nn(CC(=O)NC(C)c2ccc(C)cc2)c1=O. The lowest BCUT2D eigenvalue weighted by Gasteiger charge is -2.21. The number of aromatic nitrogens is 3. The summed E-state index contributed by atoms with van der Waals surface area (Å²) in [6, 6.07) is 7.94. The molecule has 0 aliphatic carbocycles. The van der Waals surface area contributed by atoms with E-state index < -0.39 is 0 Å². The van der Waals surface area contributed by atoms with Crippen LogP contribution in [0.5, 0.6) is 0 Å². The number of amides is 1. The number of nitrogens with zero attached hydrogens (tertiary/aromatic N) is 3. The second kappa shape index (κ2) is 8.52. The molecule has 0 radical (unpaired) electrons. The molecule has 0 bridgehead atoms. The van der Waals surface area contributed by atoms with Crippen LogP contribution in [0.25, 0.3) is 0 Å². The van der Waals surface area contributed by atoms with Crippen molar-refractivity contribution in [2.45, 2.75) is 58.7 Å². The van der Waals surface area contributed by atoms with E-state index >= 15 is 0 Å². The highest BCUT2D eigenvalue weighted by Crippen LogP contribution is 2.22. The molecular formula is C20H29N5O2. The van der Waals surface area contributed by atoms with Crippen molar-refractivity contribution in [3.05, 3.63) is 51.7 Å². The van der Waals surface area contributed by atoms with Crippen molar-refractivity contribution in [2.24, 2.45) is 0 Å². The summed E-state index contributed by atoms with van der Waals surface area (Å²) in [6.07, 6.45) is 1.93. The monoisotopic (exact) mass is 371 g/mol. The number of hydrogen-bond donors (Lipinski definition) is 2. The summed E-state index contributed by atoms with van der Waals surface area (Å²) >= 11 is 0. The van der Waals surface area contributed by atoms with E-state index in [-0.39, 0.29) is 30.1 Å². The second-order valence-corrected chi connectivity index (χ2v) is 7.27. The number of piperidine rings is 1. The van der Waals surface area contributed by atoms with Gasteiger partial charge in [-0.05, 0) is 52.3 Å². The van der Waals surface area contributed by atoms with Crippen molar-refractivity contribution in [1.82, 2.24) is 25.0 Å².